The summed E-state index contributed by atoms with van der Waals surface area (Å²) in [5.41, 5.74) is 2.84. The molecule has 0 atom stereocenters. The van der Waals surface area contributed by atoms with E-state index in [0.29, 0.717) is 11.1 Å². The second kappa shape index (κ2) is 5.21. The summed E-state index contributed by atoms with van der Waals surface area (Å²) in [6.07, 6.45) is 5.03. The van der Waals surface area contributed by atoms with Gasteiger partial charge in [-0.2, -0.15) is 0 Å². The lowest BCUT2D eigenvalue weighted by Gasteiger charge is -2.06. The van der Waals surface area contributed by atoms with Crippen molar-refractivity contribution in [2.45, 2.75) is 0 Å². The van der Waals surface area contributed by atoms with Gasteiger partial charge in [-0.05, 0) is 29.3 Å². The van der Waals surface area contributed by atoms with Crippen molar-refractivity contribution in [1.82, 2.24) is 4.90 Å². The fourth-order valence-corrected chi connectivity index (χ4v) is 2.25. The summed E-state index contributed by atoms with van der Waals surface area (Å²) >= 11 is 0. The predicted octanol–water partition coefficient (Wildman–Crippen LogP) is 3.60. The second-order valence-corrected chi connectivity index (χ2v) is 4.71. The number of rotatable bonds is 3. The number of benzene rings is 2. The molecular weight excluding hydrogens is 262 g/mol. The molecule has 0 bridgehead atoms. The highest BCUT2D eigenvalue weighted by Crippen LogP contribution is 2.23. The summed E-state index contributed by atoms with van der Waals surface area (Å²) in [7, 11) is 0. The monoisotopic (exact) mass is 275 g/mol. The average molecular weight is 275 g/mol. The number of hydrogen-bond acceptors (Lipinski definition) is 2. The predicted molar refractivity (Wildman–Crippen MR) is 82.5 cm³/mol. The van der Waals surface area contributed by atoms with Gasteiger partial charge in [-0.15, -0.1) is 0 Å². The summed E-state index contributed by atoms with van der Waals surface area (Å²) in [5.74, 6) is -0.566. The van der Waals surface area contributed by atoms with Crippen LogP contribution in [0, 0.1) is 0 Å². The summed E-state index contributed by atoms with van der Waals surface area (Å²) in [4.78, 5) is 25.5. The van der Waals surface area contributed by atoms with E-state index in [-0.39, 0.29) is 11.8 Å². The van der Waals surface area contributed by atoms with E-state index in [4.69, 9.17) is 0 Å². The van der Waals surface area contributed by atoms with Crippen LogP contribution in [0.5, 0.6) is 0 Å². The molecular formula is C18H13NO2. The number of carbonyl (C=O) groups excluding carboxylic acids is 2. The van der Waals surface area contributed by atoms with Crippen LogP contribution in [0.1, 0.15) is 31.8 Å². The largest absolute Gasteiger partial charge is 0.268 e. The third kappa shape index (κ3) is 2.30. The Morgan fingerprint density at radius 3 is 1.86 bits per heavy atom. The molecule has 3 rings (SSSR count). The van der Waals surface area contributed by atoms with Crippen molar-refractivity contribution in [2.75, 3.05) is 0 Å². The third-order valence-corrected chi connectivity index (χ3v) is 3.41. The quantitative estimate of drug-likeness (QED) is 0.803. The Balaban J connectivity index is 1.85. The van der Waals surface area contributed by atoms with E-state index in [1.807, 2.05) is 24.3 Å². The minimum atomic E-state index is -0.283. The standard InChI is InChI=1S/C18H13NO2/c1-2-13-7-9-14(10-8-13)11-12-19-17(20)15-5-3-4-6-16(15)18(19)21/h2-12H,1H2/b12-11+. The van der Waals surface area contributed by atoms with E-state index < -0.39 is 0 Å². The number of nitrogens with zero attached hydrogens (tertiary/aromatic N) is 1. The average Bonchev–Trinajstić information content (AvgIpc) is 2.78. The van der Waals surface area contributed by atoms with Gasteiger partial charge in [0.2, 0.25) is 0 Å². The number of hydrogen-bond donors (Lipinski definition) is 0. The summed E-state index contributed by atoms with van der Waals surface area (Å²) in [5, 5.41) is 0. The molecule has 21 heavy (non-hydrogen) atoms. The van der Waals surface area contributed by atoms with Crippen LogP contribution in [-0.4, -0.2) is 16.7 Å². The van der Waals surface area contributed by atoms with Crippen molar-refractivity contribution in [3.63, 3.8) is 0 Å². The SMILES string of the molecule is C=Cc1ccc(/C=C/N2C(=O)c3ccccc3C2=O)cc1. The lowest BCUT2D eigenvalue weighted by atomic mass is 10.1. The van der Waals surface area contributed by atoms with E-state index >= 15 is 0 Å². The van der Waals surface area contributed by atoms with Gasteiger partial charge in [0.15, 0.2) is 0 Å². The van der Waals surface area contributed by atoms with Crippen molar-refractivity contribution in [2.24, 2.45) is 0 Å². The van der Waals surface area contributed by atoms with Crippen molar-refractivity contribution in [3.8, 4) is 0 Å². The molecule has 102 valence electrons. The van der Waals surface area contributed by atoms with Crippen molar-refractivity contribution in [1.29, 1.82) is 0 Å². The van der Waals surface area contributed by atoms with Gasteiger partial charge in [0.1, 0.15) is 0 Å². The maximum atomic E-state index is 12.2. The van der Waals surface area contributed by atoms with Crippen LogP contribution in [0.2, 0.25) is 0 Å². The van der Waals surface area contributed by atoms with E-state index in [0.717, 1.165) is 16.0 Å². The molecule has 1 aliphatic heterocycles. The van der Waals surface area contributed by atoms with Crippen LogP contribution in [-0.2, 0) is 0 Å². The molecule has 0 spiro atoms. The summed E-state index contributed by atoms with van der Waals surface area (Å²) in [6, 6.07) is 14.5. The molecule has 0 aliphatic carbocycles. The second-order valence-electron chi connectivity index (χ2n) is 4.71. The normalized spacial score (nSPS) is 13.8. The van der Waals surface area contributed by atoms with Crippen LogP contribution in [0.4, 0.5) is 0 Å². The Hall–Kier alpha value is -2.94. The van der Waals surface area contributed by atoms with Gasteiger partial charge >= 0.3 is 0 Å². The zero-order valence-corrected chi connectivity index (χ0v) is 11.3. The minimum Gasteiger partial charge on any atom is -0.268 e. The zero-order chi connectivity index (χ0) is 14.8. The van der Waals surface area contributed by atoms with Crippen LogP contribution in [0.25, 0.3) is 12.2 Å². The molecule has 0 saturated carbocycles. The molecule has 0 unspecified atom stereocenters. The zero-order valence-electron chi connectivity index (χ0n) is 11.3. The van der Waals surface area contributed by atoms with Gasteiger partial charge < -0.3 is 0 Å². The van der Waals surface area contributed by atoms with Gasteiger partial charge in [0.25, 0.3) is 11.8 Å². The fourth-order valence-electron chi connectivity index (χ4n) is 2.25. The fraction of sp³-hybridized carbons (Fsp3) is 0. The van der Waals surface area contributed by atoms with Gasteiger partial charge in [-0.25, -0.2) is 4.90 Å². The number of imide groups is 1. The van der Waals surface area contributed by atoms with E-state index in [1.165, 1.54) is 6.20 Å². The Kier molecular flexibility index (Phi) is 3.24. The van der Waals surface area contributed by atoms with Crippen molar-refractivity contribution in [3.05, 3.63) is 83.6 Å². The van der Waals surface area contributed by atoms with Crippen molar-refractivity contribution >= 4 is 24.0 Å². The molecule has 2 aromatic rings. The molecule has 0 N–H and O–H groups in total. The third-order valence-electron chi connectivity index (χ3n) is 3.41. The maximum Gasteiger partial charge on any atom is 0.265 e. The van der Waals surface area contributed by atoms with E-state index in [9.17, 15) is 9.59 Å². The number of carbonyl (C=O) groups is 2. The number of amides is 2. The van der Waals surface area contributed by atoms with Crippen molar-refractivity contribution < 1.29 is 9.59 Å². The summed E-state index contributed by atoms with van der Waals surface area (Å²) < 4.78 is 0. The molecule has 0 aromatic heterocycles. The Morgan fingerprint density at radius 2 is 1.33 bits per heavy atom. The Labute approximate surface area is 122 Å². The van der Waals surface area contributed by atoms with Gasteiger partial charge in [0.05, 0.1) is 11.1 Å². The van der Waals surface area contributed by atoms with E-state index in [2.05, 4.69) is 6.58 Å². The first-order valence-electron chi connectivity index (χ1n) is 6.58. The minimum absolute atomic E-state index is 0.283. The van der Waals surface area contributed by atoms with Crippen LogP contribution >= 0.6 is 0 Å². The van der Waals surface area contributed by atoms with Gasteiger partial charge in [-0.3, -0.25) is 9.59 Å². The van der Waals surface area contributed by atoms with Crippen LogP contribution < -0.4 is 0 Å². The van der Waals surface area contributed by atoms with Gasteiger partial charge in [-0.1, -0.05) is 49.1 Å². The van der Waals surface area contributed by atoms with E-state index in [1.54, 1.807) is 36.4 Å². The Bertz CT molecular complexity index is 722. The highest BCUT2D eigenvalue weighted by atomic mass is 16.2. The molecule has 0 radical (unpaired) electrons. The summed E-state index contributed by atoms with van der Waals surface area (Å²) in [6.45, 7) is 3.70. The highest BCUT2D eigenvalue weighted by Gasteiger charge is 2.33. The first kappa shape index (κ1) is 13.1. The lowest BCUT2D eigenvalue weighted by molar-refractivity contribution is 0.0722. The maximum absolute atomic E-state index is 12.2. The van der Waals surface area contributed by atoms with Gasteiger partial charge in [0, 0.05) is 6.20 Å². The molecule has 2 amide bonds. The first-order valence-corrected chi connectivity index (χ1v) is 6.58. The molecule has 1 aliphatic rings. The van der Waals surface area contributed by atoms with Crippen LogP contribution in [0.15, 0.2) is 61.3 Å². The topological polar surface area (TPSA) is 37.4 Å². The number of fused-ring (bicyclic) bond motifs is 1. The highest BCUT2D eigenvalue weighted by molar-refractivity contribution is 6.22. The molecule has 3 nitrogen and oxygen atoms in total. The molecule has 0 fully saturated rings. The molecule has 3 heteroatoms. The smallest absolute Gasteiger partial charge is 0.265 e. The lowest BCUT2D eigenvalue weighted by Crippen LogP contribution is -2.23. The molecule has 0 saturated heterocycles. The molecule has 1 heterocycles. The Morgan fingerprint density at radius 1 is 0.810 bits per heavy atom. The molecule has 2 aromatic carbocycles. The van der Waals surface area contributed by atoms with Crippen LogP contribution in [0.3, 0.4) is 0 Å². The first-order chi connectivity index (χ1) is 10.2.